The Morgan fingerprint density at radius 1 is 1.22 bits per heavy atom. The quantitative estimate of drug-likeness (QED) is 0.712. The van der Waals surface area contributed by atoms with Gasteiger partial charge in [-0.1, -0.05) is 13.3 Å². The molecule has 0 spiro atoms. The summed E-state index contributed by atoms with van der Waals surface area (Å²) >= 11 is 0. The smallest absolute Gasteiger partial charge is 0.314 e. The summed E-state index contributed by atoms with van der Waals surface area (Å²) in [5.41, 5.74) is 6.09. The van der Waals surface area contributed by atoms with Gasteiger partial charge in [0.1, 0.15) is 0 Å². The third-order valence-corrected chi connectivity index (χ3v) is 4.41. The van der Waals surface area contributed by atoms with Gasteiger partial charge < -0.3 is 20.6 Å². The Morgan fingerprint density at radius 3 is 2.61 bits per heavy atom. The van der Waals surface area contributed by atoms with Gasteiger partial charge >= 0.3 is 11.1 Å². The lowest BCUT2D eigenvalue weighted by molar-refractivity contribution is 0.0785. The van der Waals surface area contributed by atoms with Gasteiger partial charge in [0.25, 0.3) is 5.91 Å². The van der Waals surface area contributed by atoms with Crippen LogP contribution in [-0.2, 0) is 0 Å². The topological polar surface area (TPSA) is 112 Å². The first-order valence-electron chi connectivity index (χ1n) is 7.80. The molecule has 2 aromatic rings. The molecule has 2 heterocycles. The second-order valence-corrected chi connectivity index (χ2v) is 6.09. The fraction of sp³-hybridized carbons (Fsp3) is 0.438. The number of fused-ring (bicyclic) bond motifs is 1. The molecule has 0 radical (unpaired) electrons. The Bertz CT molecular complexity index is 854. The minimum atomic E-state index is -0.728. The highest BCUT2D eigenvalue weighted by Gasteiger charge is 2.32. The number of aromatic amines is 2. The van der Waals surface area contributed by atoms with Crippen molar-refractivity contribution in [2.75, 3.05) is 13.1 Å². The van der Waals surface area contributed by atoms with Gasteiger partial charge in [0.15, 0.2) is 0 Å². The number of benzene rings is 1. The number of likely N-dealkylation sites (tertiary alicyclic amines) is 1. The molecule has 7 nitrogen and oxygen atoms in total. The zero-order valence-corrected chi connectivity index (χ0v) is 13.0. The highest BCUT2D eigenvalue weighted by Crippen LogP contribution is 2.22. The first-order chi connectivity index (χ1) is 11.0. The molecule has 4 N–H and O–H groups in total. The summed E-state index contributed by atoms with van der Waals surface area (Å²) in [6.45, 7) is 3.31. The molecule has 3 rings (SSSR count). The standard InChI is InChI=1S/C16H20N4O3/c1-2-3-10-7-20(8-11(10)17)16(23)9-4-5-12-13(6-9)19-15(22)14(21)18-12/h4-6,10-11H,2-3,7-8,17H2,1H3,(H,18,21)(H,19,22)/t10-,11-/m1/s1. The van der Waals surface area contributed by atoms with Crippen LogP contribution in [-0.4, -0.2) is 39.9 Å². The highest BCUT2D eigenvalue weighted by atomic mass is 16.2. The maximum atomic E-state index is 12.6. The van der Waals surface area contributed by atoms with Crippen molar-refractivity contribution in [2.24, 2.45) is 11.7 Å². The maximum absolute atomic E-state index is 12.6. The van der Waals surface area contributed by atoms with E-state index in [1.807, 2.05) is 0 Å². The molecule has 1 amide bonds. The molecule has 7 heteroatoms. The average molecular weight is 316 g/mol. The van der Waals surface area contributed by atoms with E-state index in [4.69, 9.17) is 5.73 Å². The Labute approximate surface area is 132 Å². The second-order valence-electron chi connectivity index (χ2n) is 6.09. The molecule has 1 aliphatic heterocycles. The van der Waals surface area contributed by atoms with Crippen molar-refractivity contribution >= 4 is 16.9 Å². The van der Waals surface area contributed by atoms with Gasteiger partial charge in [0.05, 0.1) is 11.0 Å². The molecule has 0 bridgehead atoms. The number of nitrogens with two attached hydrogens (primary N) is 1. The van der Waals surface area contributed by atoms with Gasteiger partial charge in [-0.05, 0) is 30.5 Å². The van der Waals surface area contributed by atoms with Crippen molar-refractivity contribution in [1.29, 1.82) is 0 Å². The number of carbonyl (C=O) groups is 1. The van der Waals surface area contributed by atoms with E-state index in [0.717, 1.165) is 12.8 Å². The predicted molar refractivity (Wildman–Crippen MR) is 87.5 cm³/mol. The summed E-state index contributed by atoms with van der Waals surface area (Å²) in [6.07, 6.45) is 2.06. The maximum Gasteiger partial charge on any atom is 0.314 e. The van der Waals surface area contributed by atoms with Crippen LogP contribution in [0, 0.1) is 5.92 Å². The number of hydrogen-bond acceptors (Lipinski definition) is 4. The molecule has 1 fully saturated rings. The average Bonchev–Trinajstić information content (AvgIpc) is 2.89. The normalized spacial score (nSPS) is 21.0. The fourth-order valence-corrected chi connectivity index (χ4v) is 3.17. The summed E-state index contributed by atoms with van der Waals surface area (Å²) in [5.74, 6) is 0.230. The molecule has 1 aromatic carbocycles. The van der Waals surface area contributed by atoms with E-state index in [-0.39, 0.29) is 11.9 Å². The minimum Gasteiger partial charge on any atom is -0.337 e. The lowest BCUT2D eigenvalue weighted by atomic mass is 9.99. The summed E-state index contributed by atoms with van der Waals surface area (Å²) in [5, 5.41) is 0. The number of carbonyl (C=O) groups excluding carboxylic acids is 1. The summed E-state index contributed by atoms with van der Waals surface area (Å²) in [7, 11) is 0. The number of hydrogen-bond donors (Lipinski definition) is 3. The highest BCUT2D eigenvalue weighted by molar-refractivity contribution is 5.97. The van der Waals surface area contributed by atoms with Crippen LogP contribution < -0.4 is 16.9 Å². The SMILES string of the molecule is CCC[C@@H]1CN(C(=O)c2ccc3[nH]c(=O)c(=O)[nH]c3c2)C[C@H]1N. The van der Waals surface area contributed by atoms with Crippen LogP contribution in [0.3, 0.4) is 0 Å². The van der Waals surface area contributed by atoms with Gasteiger partial charge in [0, 0.05) is 24.7 Å². The molecule has 23 heavy (non-hydrogen) atoms. The van der Waals surface area contributed by atoms with Crippen LogP contribution in [0.1, 0.15) is 30.1 Å². The largest absolute Gasteiger partial charge is 0.337 e. The van der Waals surface area contributed by atoms with Gasteiger partial charge in [-0.3, -0.25) is 14.4 Å². The summed E-state index contributed by atoms with van der Waals surface area (Å²) in [4.78, 5) is 42.1. The molecule has 122 valence electrons. The number of nitrogens with zero attached hydrogens (tertiary/aromatic N) is 1. The third-order valence-electron chi connectivity index (χ3n) is 4.41. The molecule has 0 unspecified atom stereocenters. The van der Waals surface area contributed by atoms with Crippen molar-refractivity contribution in [3.8, 4) is 0 Å². The van der Waals surface area contributed by atoms with Crippen LogP contribution in [0.4, 0.5) is 0 Å². The van der Waals surface area contributed by atoms with E-state index in [9.17, 15) is 14.4 Å². The van der Waals surface area contributed by atoms with E-state index in [0.29, 0.717) is 35.6 Å². The molecular formula is C16H20N4O3. The minimum absolute atomic E-state index is 0.00974. The van der Waals surface area contributed by atoms with E-state index in [1.165, 1.54) is 0 Å². The molecule has 1 saturated heterocycles. The molecule has 1 aromatic heterocycles. The van der Waals surface area contributed by atoms with Crippen molar-refractivity contribution < 1.29 is 4.79 Å². The van der Waals surface area contributed by atoms with Crippen LogP contribution in [0.2, 0.25) is 0 Å². The van der Waals surface area contributed by atoms with Gasteiger partial charge in [0.2, 0.25) is 0 Å². The number of aromatic nitrogens is 2. The molecule has 2 atom stereocenters. The van der Waals surface area contributed by atoms with E-state index in [2.05, 4.69) is 16.9 Å². The van der Waals surface area contributed by atoms with Crippen LogP contribution in [0.5, 0.6) is 0 Å². The number of nitrogens with one attached hydrogen (secondary N) is 2. The summed E-state index contributed by atoms with van der Waals surface area (Å²) in [6, 6.07) is 4.88. The first-order valence-corrected chi connectivity index (χ1v) is 7.80. The van der Waals surface area contributed by atoms with Crippen LogP contribution in [0.15, 0.2) is 27.8 Å². The lowest BCUT2D eigenvalue weighted by Gasteiger charge is -2.16. The van der Waals surface area contributed by atoms with Gasteiger partial charge in [-0.15, -0.1) is 0 Å². The van der Waals surface area contributed by atoms with Crippen LogP contribution >= 0.6 is 0 Å². The zero-order valence-electron chi connectivity index (χ0n) is 13.0. The molecule has 0 saturated carbocycles. The van der Waals surface area contributed by atoms with Gasteiger partial charge in [-0.25, -0.2) is 0 Å². The Balaban J connectivity index is 1.88. The zero-order chi connectivity index (χ0) is 16.6. The van der Waals surface area contributed by atoms with E-state index >= 15 is 0 Å². The first kappa shape index (κ1) is 15.5. The van der Waals surface area contributed by atoms with E-state index < -0.39 is 11.1 Å². The molecule has 0 aliphatic carbocycles. The summed E-state index contributed by atoms with van der Waals surface area (Å²) < 4.78 is 0. The molecular weight excluding hydrogens is 296 g/mol. The van der Waals surface area contributed by atoms with Crippen molar-refractivity contribution in [1.82, 2.24) is 14.9 Å². The second kappa shape index (κ2) is 6.00. The fourth-order valence-electron chi connectivity index (χ4n) is 3.17. The van der Waals surface area contributed by atoms with Gasteiger partial charge in [-0.2, -0.15) is 0 Å². The third kappa shape index (κ3) is 2.92. The Hall–Kier alpha value is -2.41. The van der Waals surface area contributed by atoms with E-state index in [1.54, 1.807) is 23.1 Å². The lowest BCUT2D eigenvalue weighted by Crippen LogP contribution is -2.32. The Kier molecular flexibility index (Phi) is 4.04. The van der Waals surface area contributed by atoms with Crippen LogP contribution in [0.25, 0.3) is 11.0 Å². The monoisotopic (exact) mass is 316 g/mol. The number of amides is 1. The van der Waals surface area contributed by atoms with Crippen molar-refractivity contribution in [3.63, 3.8) is 0 Å². The number of H-pyrrole nitrogens is 2. The van der Waals surface area contributed by atoms with Crippen molar-refractivity contribution in [2.45, 2.75) is 25.8 Å². The van der Waals surface area contributed by atoms with Crippen molar-refractivity contribution in [3.05, 3.63) is 44.5 Å². The molecule has 1 aliphatic rings. The predicted octanol–water partition coefficient (Wildman–Crippen LogP) is 0.416. The Morgan fingerprint density at radius 2 is 1.91 bits per heavy atom. The number of rotatable bonds is 3.